The Bertz CT molecular complexity index is 258. The summed E-state index contributed by atoms with van der Waals surface area (Å²) in [5, 5.41) is 10.2. The fraction of sp³-hybridized carbons (Fsp3) is 0.143. The highest BCUT2D eigenvalue weighted by atomic mass is 19.1. The Morgan fingerprint density at radius 2 is 2.36 bits per heavy atom. The van der Waals surface area contributed by atoms with E-state index >= 15 is 0 Å². The van der Waals surface area contributed by atoms with Crippen LogP contribution in [0.3, 0.4) is 0 Å². The number of pyridine rings is 1. The molecule has 3 nitrogen and oxygen atoms in total. The van der Waals surface area contributed by atoms with Gasteiger partial charge < -0.3 is 9.90 Å². The quantitative estimate of drug-likeness (QED) is 0.598. The van der Waals surface area contributed by atoms with Crippen molar-refractivity contribution in [3.05, 3.63) is 29.6 Å². The van der Waals surface area contributed by atoms with Gasteiger partial charge in [0, 0.05) is 11.8 Å². The second-order valence-corrected chi connectivity index (χ2v) is 1.96. The average Bonchev–Trinajstić information content (AvgIpc) is 2.05. The molecule has 0 aliphatic carbocycles. The Labute approximate surface area is 62.5 Å². The van der Waals surface area contributed by atoms with E-state index in [-0.39, 0.29) is 11.3 Å². The third-order valence-corrected chi connectivity index (χ3v) is 1.20. The van der Waals surface area contributed by atoms with Crippen LogP contribution in [0, 0.1) is 0 Å². The standard InChI is InChI=1S/C7H6FNO2/c8-3-6-2-1-5(4-9-6)7(10)11/h1-2,4H,3H2,(H,10,11)/p-1. The Hall–Kier alpha value is -1.45. The fourth-order valence-electron chi connectivity index (χ4n) is 0.624. The summed E-state index contributed by atoms with van der Waals surface area (Å²) in [5.41, 5.74) is 0.178. The molecule has 0 aromatic carbocycles. The molecule has 11 heavy (non-hydrogen) atoms. The Morgan fingerprint density at radius 1 is 1.64 bits per heavy atom. The third kappa shape index (κ3) is 1.73. The van der Waals surface area contributed by atoms with E-state index < -0.39 is 12.6 Å². The molecule has 0 N–H and O–H groups in total. The van der Waals surface area contributed by atoms with Gasteiger partial charge in [-0.2, -0.15) is 0 Å². The van der Waals surface area contributed by atoms with Gasteiger partial charge in [-0.15, -0.1) is 0 Å². The second kappa shape index (κ2) is 3.09. The lowest BCUT2D eigenvalue weighted by Gasteiger charge is -2.00. The second-order valence-electron chi connectivity index (χ2n) is 1.96. The number of aromatic nitrogens is 1. The number of carboxylic acid groups (broad SMARTS) is 1. The normalized spacial score (nSPS) is 9.55. The maximum atomic E-state index is 11.8. The lowest BCUT2D eigenvalue weighted by molar-refractivity contribution is -0.255. The molecule has 0 saturated heterocycles. The van der Waals surface area contributed by atoms with E-state index in [9.17, 15) is 14.3 Å². The van der Waals surface area contributed by atoms with Crippen LogP contribution in [0.4, 0.5) is 4.39 Å². The van der Waals surface area contributed by atoms with Crippen molar-refractivity contribution in [2.75, 3.05) is 0 Å². The number of alkyl halides is 1. The Kier molecular flexibility index (Phi) is 2.15. The van der Waals surface area contributed by atoms with Crippen molar-refractivity contribution in [1.29, 1.82) is 0 Å². The third-order valence-electron chi connectivity index (χ3n) is 1.20. The molecule has 0 spiro atoms. The number of halogens is 1. The minimum absolute atomic E-state index is 0.0396. The van der Waals surface area contributed by atoms with Gasteiger partial charge in [0.05, 0.1) is 11.7 Å². The molecular weight excluding hydrogens is 149 g/mol. The zero-order valence-electron chi connectivity index (χ0n) is 5.58. The smallest absolute Gasteiger partial charge is 0.131 e. The highest BCUT2D eigenvalue weighted by Gasteiger charge is 1.94. The van der Waals surface area contributed by atoms with Gasteiger partial charge in [0.2, 0.25) is 0 Å². The van der Waals surface area contributed by atoms with Gasteiger partial charge in [0.15, 0.2) is 0 Å². The predicted octanol–water partition coefficient (Wildman–Crippen LogP) is -0.0854. The van der Waals surface area contributed by atoms with Crippen LogP contribution in [0.25, 0.3) is 0 Å². The van der Waals surface area contributed by atoms with Crippen molar-refractivity contribution in [1.82, 2.24) is 4.98 Å². The minimum Gasteiger partial charge on any atom is -0.545 e. The van der Waals surface area contributed by atoms with Gasteiger partial charge in [-0.25, -0.2) is 4.39 Å². The summed E-state index contributed by atoms with van der Waals surface area (Å²) in [5.74, 6) is -1.30. The van der Waals surface area contributed by atoms with E-state index in [0.29, 0.717) is 0 Å². The molecule has 1 aromatic heterocycles. The van der Waals surface area contributed by atoms with E-state index in [4.69, 9.17) is 0 Å². The summed E-state index contributed by atoms with van der Waals surface area (Å²) in [6.07, 6.45) is 1.07. The first-order valence-electron chi connectivity index (χ1n) is 2.96. The molecule has 4 heteroatoms. The molecular formula is C7H5FNO2-. The van der Waals surface area contributed by atoms with Crippen molar-refractivity contribution >= 4 is 5.97 Å². The number of carbonyl (C=O) groups is 1. The van der Waals surface area contributed by atoms with Crippen molar-refractivity contribution in [2.24, 2.45) is 0 Å². The first-order valence-corrected chi connectivity index (χ1v) is 2.96. The van der Waals surface area contributed by atoms with Crippen LogP contribution in [0.1, 0.15) is 16.1 Å². The number of hydrogen-bond donors (Lipinski definition) is 0. The monoisotopic (exact) mass is 154 g/mol. The van der Waals surface area contributed by atoms with Crippen LogP contribution >= 0.6 is 0 Å². The van der Waals surface area contributed by atoms with Crippen LogP contribution in [0.2, 0.25) is 0 Å². The lowest BCUT2D eigenvalue weighted by atomic mass is 10.2. The van der Waals surface area contributed by atoms with Crippen molar-refractivity contribution in [3.8, 4) is 0 Å². The number of carbonyl (C=O) groups excluding carboxylic acids is 1. The maximum Gasteiger partial charge on any atom is 0.131 e. The zero-order chi connectivity index (χ0) is 8.27. The zero-order valence-corrected chi connectivity index (χ0v) is 5.58. The summed E-state index contributed by atoms with van der Waals surface area (Å²) < 4.78 is 11.8. The molecule has 0 aliphatic rings. The molecule has 58 valence electrons. The molecule has 0 aliphatic heterocycles. The summed E-state index contributed by atoms with van der Waals surface area (Å²) in [4.78, 5) is 13.7. The van der Waals surface area contributed by atoms with Crippen LogP contribution in [-0.2, 0) is 6.67 Å². The van der Waals surface area contributed by atoms with E-state index in [1.54, 1.807) is 0 Å². The molecule has 0 bridgehead atoms. The molecule has 0 atom stereocenters. The van der Waals surface area contributed by atoms with Gasteiger partial charge in [-0.3, -0.25) is 4.98 Å². The number of aromatic carboxylic acids is 1. The Balaban J connectivity index is 2.91. The van der Waals surface area contributed by atoms with Gasteiger partial charge >= 0.3 is 0 Å². The van der Waals surface area contributed by atoms with E-state index in [1.807, 2.05) is 0 Å². The molecule has 0 amide bonds. The predicted molar refractivity (Wildman–Crippen MR) is 33.4 cm³/mol. The Morgan fingerprint density at radius 3 is 2.73 bits per heavy atom. The number of carboxylic acids is 1. The molecule has 1 heterocycles. The van der Waals surface area contributed by atoms with Crippen LogP contribution in [0.5, 0.6) is 0 Å². The van der Waals surface area contributed by atoms with Crippen LogP contribution < -0.4 is 5.11 Å². The molecule has 0 fully saturated rings. The number of rotatable bonds is 2. The highest BCUT2D eigenvalue weighted by Crippen LogP contribution is 1.99. The lowest BCUT2D eigenvalue weighted by Crippen LogP contribution is -2.22. The first kappa shape index (κ1) is 7.65. The van der Waals surface area contributed by atoms with Gasteiger partial charge in [-0.05, 0) is 12.1 Å². The number of hydrogen-bond acceptors (Lipinski definition) is 3. The average molecular weight is 154 g/mol. The first-order chi connectivity index (χ1) is 5.24. The SMILES string of the molecule is O=C([O-])c1ccc(CF)nc1. The van der Waals surface area contributed by atoms with E-state index in [0.717, 1.165) is 6.20 Å². The van der Waals surface area contributed by atoms with Gasteiger partial charge in [-0.1, -0.05) is 0 Å². The van der Waals surface area contributed by atoms with Gasteiger partial charge in [0.25, 0.3) is 0 Å². The molecule has 0 unspecified atom stereocenters. The van der Waals surface area contributed by atoms with E-state index in [1.165, 1.54) is 12.1 Å². The van der Waals surface area contributed by atoms with Crippen molar-refractivity contribution in [3.63, 3.8) is 0 Å². The topological polar surface area (TPSA) is 53.0 Å². The highest BCUT2D eigenvalue weighted by molar-refractivity contribution is 5.85. The van der Waals surface area contributed by atoms with Crippen LogP contribution in [0.15, 0.2) is 18.3 Å². The summed E-state index contributed by atoms with van der Waals surface area (Å²) >= 11 is 0. The summed E-state index contributed by atoms with van der Waals surface area (Å²) in [6, 6.07) is 2.57. The van der Waals surface area contributed by atoms with Gasteiger partial charge in [0.1, 0.15) is 6.67 Å². The molecule has 1 aromatic rings. The van der Waals surface area contributed by atoms with Crippen molar-refractivity contribution in [2.45, 2.75) is 6.67 Å². The summed E-state index contributed by atoms with van der Waals surface area (Å²) in [7, 11) is 0. The molecule has 1 rings (SSSR count). The largest absolute Gasteiger partial charge is 0.545 e. The van der Waals surface area contributed by atoms with Crippen molar-refractivity contribution < 1.29 is 14.3 Å². The molecule has 0 radical (unpaired) electrons. The number of nitrogens with zero attached hydrogens (tertiary/aromatic N) is 1. The fourth-order valence-corrected chi connectivity index (χ4v) is 0.624. The van der Waals surface area contributed by atoms with E-state index in [2.05, 4.69) is 4.98 Å². The maximum absolute atomic E-state index is 11.8. The molecule has 0 saturated carbocycles. The van der Waals surface area contributed by atoms with Crippen LogP contribution in [-0.4, -0.2) is 11.0 Å². The minimum atomic E-state index is -1.30. The summed E-state index contributed by atoms with van der Waals surface area (Å²) in [6.45, 7) is -0.687.